The van der Waals surface area contributed by atoms with E-state index in [1.165, 1.54) is 6.07 Å². The molecule has 28 heavy (non-hydrogen) atoms. The summed E-state index contributed by atoms with van der Waals surface area (Å²) >= 11 is 0. The molecule has 1 aromatic heterocycles. The molecule has 0 aliphatic carbocycles. The van der Waals surface area contributed by atoms with E-state index in [1.807, 2.05) is 18.9 Å². The Morgan fingerprint density at radius 3 is 2.82 bits per heavy atom. The summed E-state index contributed by atoms with van der Waals surface area (Å²) in [4.78, 5) is 20.6. The van der Waals surface area contributed by atoms with Crippen molar-refractivity contribution < 1.29 is 13.6 Å². The molecule has 0 radical (unpaired) electrons. The lowest BCUT2D eigenvalue weighted by atomic mass is 10.1. The van der Waals surface area contributed by atoms with Crippen LogP contribution in [0.15, 0.2) is 35.6 Å². The standard InChI is InChI=1S/C19H24F2N6O/c1-3-22-19(23-7-6-14-10-15(20)4-5-17(14)21)26-8-9-27(18(28)13-26)16-11-24-25(2)12-16/h4-5,10-12H,3,6-9,13H2,1-2H3,(H,22,23). The Labute approximate surface area is 162 Å². The number of anilines is 1. The van der Waals surface area contributed by atoms with Crippen LogP contribution in [0.2, 0.25) is 0 Å². The Hall–Kier alpha value is -2.97. The summed E-state index contributed by atoms with van der Waals surface area (Å²) in [6, 6.07) is 3.41. The minimum absolute atomic E-state index is 0.0407. The van der Waals surface area contributed by atoms with E-state index in [1.54, 1.807) is 22.0 Å². The molecule has 150 valence electrons. The monoisotopic (exact) mass is 390 g/mol. The van der Waals surface area contributed by atoms with Gasteiger partial charge in [0.25, 0.3) is 0 Å². The Bertz CT molecular complexity index is 866. The molecule has 0 saturated carbocycles. The zero-order valence-corrected chi connectivity index (χ0v) is 16.0. The molecule has 0 bridgehead atoms. The zero-order valence-electron chi connectivity index (χ0n) is 16.0. The molecule has 0 atom stereocenters. The van der Waals surface area contributed by atoms with Gasteiger partial charge in [0, 0.05) is 39.4 Å². The summed E-state index contributed by atoms with van der Waals surface area (Å²) in [7, 11) is 1.81. The van der Waals surface area contributed by atoms with E-state index in [-0.39, 0.29) is 24.4 Å². The van der Waals surface area contributed by atoms with Crippen LogP contribution in [-0.2, 0) is 18.3 Å². The summed E-state index contributed by atoms with van der Waals surface area (Å²) in [6.07, 6.45) is 3.75. The van der Waals surface area contributed by atoms with Crippen LogP contribution in [0.1, 0.15) is 12.5 Å². The summed E-state index contributed by atoms with van der Waals surface area (Å²) in [6.45, 7) is 4.20. The third kappa shape index (κ3) is 4.65. The van der Waals surface area contributed by atoms with Gasteiger partial charge in [-0.1, -0.05) is 0 Å². The topological polar surface area (TPSA) is 65.8 Å². The fourth-order valence-corrected chi connectivity index (χ4v) is 3.12. The number of guanidine groups is 1. The number of carbonyl (C=O) groups is 1. The Morgan fingerprint density at radius 1 is 1.32 bits per heavy atom. The molecule has 1 amide bonds. The number of benzene rings is 1. The molecular formula is C19H24F2N6O. The van der Waals surface area contributed by atoms with Crippen molar-refractivity contribution in [3.63, 3.8) is 0 Å². The fraction of sp³-hybridized carbons (Fsp3) is 0.421. The van der Waals surface area contributed by atoms with Crippen molar-refractivity contribution in [1.82, 2.24) is 20.0 Å². The van der Waals surface area contributed by atoms with Crippen molar-refractivity contribution in [2.24, 2.45) is 12.0 Å². The lowest BCUT2D eigenvalue weighted by Gasteiger charge is -2.35. The highest BCUT2D eigenvalue weighted by atomic mass is 19.1. The number of halogens is 2. The van der Waals surface area contributed by atoms with Gasteiger partial charge in [-0.3, -0.25) is 14.5 Å². The van der Waals surface area contributed by atoms with Gasteiger partial charge in [-0.25, -0.2) is 8.78 Å². The van der Waals surface area contributed by atoms with Crippen LogP contribution < -0.4 is 10.2 Å². The first-order chi connectivity index (χ1) is 13.5. The number of hydrogen-bond acceptors (Lipinski definition) is 3. The van der Waals surface area contributed by atoms with Crippen molar-refractivity contribution in [1.29, 1.82) is 0 Å². The molecule has 2 heterocycles. The predicted octanol–water partition coefficient (Wildman–Crippen LogP) is 1.56. The van der Waals surface area contributed by atoms with Gasteiger partial charge in [0.05, 0.1) is 11.9 Å². The first-order valence-corrected chi connectivity index (χ1v) is 9.24. The minimum Gasteiger partial charge on any atom is -0.357 e. The number of piperazine rings is 1. The van der Waals surface area contributed by atoms with Gasteiger partial charge in [-0.05, 0) is 37.1 Å². The molecule has 1 N–H and O–H groups in total. The van der Waals surface area contributed by atoms with Crippen molar-refractivity contribution in [2.45, 2.75) is 13.3 Å². The van der Waals surface area contributed by atoms with E-state index in [2.05, 4.69) is 15.4 Å². The molecule has 1 fully saturated rings. The van der Waals surface area contributed by atoms with E-state index in [0.717, 1.165) is 17.8 Å². The Balaban J connectivity index is 1.64. The average molecular weight is 390 g/mol. The second-order valence-electron chi connectivity index (χ2n) is 6.56. The van der Waals surface area contributed by atoms with Crippen LogP contribution in [0, 0.1) is 11.6 Å². The second-order valence-corrected chi connectivity index (χ2v) is 6.56. The maximum absolute atomic E-state index is 13.8. The van der Waals surface area contributed by atoms with Crippen molar-refractivity contribution in [2.75, 3.05) is 37.6 Å². The highest BCUT2D eigenvalue weighted by Crippen LogP contribution is 2.16. The SMILES string of the molecule is CCNC(=NCCc1cc(F)ccc1F)N1CCN(c2cnn(C)c2)C(=O)C1. The molecule has 3 rings (SSSR count). The number of carbonyl (C=O) groups excluding carboxylic acids is 1. The third-order valence-corrected chi connectivity index (χ3v) is 4.51. The molecule has 9 heteroatoms. The molecular weight excluding hydrogens is 366 g/mol. The molecule has 1 aromatic carbocycles. The van der Waals surface area contributed by atoms with Crippen molar-refractivity contribution in [3.8, 4) is 0 Å². The van der Waals surface area contributed by atoms with Gasteiger partial charge in [-0.15, -0.1) is 0 Å². The highest BCUT2D eigenvalue weighted by Gasteiger charge is 2.27. The zero-order chi connectivity index (χ0) is 20.1. The molecule has 1 aliphatic rings. The molecule has 1 aliphatic heterocycles. The van der Waals surface area contributed by atoms with Gasteiger partial charge in [0.15, 0.2) is 5.96 Å². The van der Waals surface area contributed by atoms with E-state index < -0.39 is 11.6 Å². The van der Waals surface area contributed by atoms with Crippen LogP contribution in [0.4, 0.5) is 14.5 Å². The normalized spacial score (nSPS) is 15.3. The van der Waals surface area contributed by atoms with Gasteiger partial charge in [0.1, 0.15) is 18.2 Å². The fourth-order valence-electron chi connectivity index (χ4n) is 3.12. The van der Waals surface area contributed by atoms with E-state index in [9.17, 15) is 13.6 Å². The van der Waals surface area contributed by atoms with E-state index >= 15 is 0 Å². The Morgan fingerprint density at radius 2 is 2.14 bits per heavy atom. The van der Waals surface area contributed by atoms with Crippen LogP contribution in [0.3, 0.4) is 0 Å². The number of hydrogen-bond donors (Lipinski definition) is 1. The molecule has 0 spiro atoms. The summed E-state index contributed by atoms with van der Waals surface area (Å²) < 4.78 is 28.7. The molecule has 2 aromatic rings. The maximum Gasteiger partial charge on any atom is 0.246 e. The number of rotatable bonds is 5. The number of nitrogens with zero attached hydrogens (tertiary/aromatic N) is 5. The summed E-state index contributed by atoms with van der Waals surface area (Å²) in [5, 5.41) is 7.27. The minimum atomic E-state index is -0.468. The number of aromatic nitrogens is 2. The van der Waals surface area contributed by atoms with Crippen LogP contribution >= 0.6 is 0 Å². The quantitative estimate of drug-likeness (QED) is 0.622. The number of aryl methyl sites for hydroxylation is 1. The van der Waals surface area contributed by atoms with Crippen LogP contribution in [-0.4, -0.2) is 59.3 Å². The van der Waals surface area contributed by atoms with Gasteiger partial charge in [-0.2, -0.15) is 5.10 Å². The number of nitrogens with one attached hydrogen (secondary N) is 1. The predicted molar refractivity (Wildman–Crippen MR) is 103 cm³/mol. The molecule has 1 saturated heterocycles. The summed E-state index contributed by atoms with van der Waals surface area (Å²) in [5.41, 5.74) is 1.06. The summed E-state index contributed by atoms with van der Waals surface area (Å²) in [5.74, 6) is -0.356. The number of aliphatic imine (C=N–C) groups is 1. The highest BCUT2D eigenvalue weighted by molar-refractivity contribution is 5.98. The number of amides is 1. The molecule has 7 nitrogen and oxygen atoms in total. The van der Waals surface area contributed by atoms with Gasteiger partial charge >= 0.3 is 0 Å². The average Bonchev–Trinajstić information content (AvgIpc) is 3.09. The van der Waals surface area contributed by atoms with Crippen molar-refractivity contribution in [3.05, 3.63) is 47.8 Å². The maximum atomic E-state index is 13.8. The van der Waals surface area contributed by atoms with Crippen LogP contribution in [0.5, 0.6) is 0 Å². The Kier molecular flexibility index (Phi) is 6.23. The third-order valence-electron chi connectivity index (χ3n) is 4.51. The largest absolute Gasteiger partial charge is 0.357 e. The van der Waals surface area contributed by atoms with Gasteiger partial charge < -0.3 is 15.1 Å². The molecule has 0 unspecified atom stereocenters. The van der Waals surface area contributed by atoms with Gasteiger partial charge in [0.2, 0.25) is 5.91 Å². The first kappa shape index (κ1) is 19.8. The lowest BCUT2D eigenvalue weighted by molar-refractivity contribution is -0.120. The van der Waals surface area contributed by atoms with Crippen LogP contribution in [0.25, 0.3) is 0 Å². The first-order valence-electron chi connectivity index (χ1n) is 9.24. The lowest BCUT2D eigenvalue weighted by Crippen LogP contribution is -2.55. The van der Waals surface area contributed by atoms with E-state index in [4.69, 9.17) is 0 Å². The smallest absolute Gasteiger partial charge is 0.246 e. The second kappa shape index (κ2) is 8.81. The van der Waals surface area contributed by atoms with E-state index in [0.29, 0.717) is 32.1 Å². The van der Waals surface area contributed by atoms with Crippen molar-refractivity contribution >= 4 is 17.6 Å².